The van der Waals surface area contributed by atoms with E-state index >= 15 is 0 Å². The van der Waals surface area contributed by atoms with E-state index in [0.29, 0.717) is 19.8 Å². The fraction of sp³-hybridized carbons (Fsp3) is 0.611. The molecule has 1 aromatic rings. The Morgan fingerprint density at radius 2 is 1.95 bits per heavy atom. The zero-order valence-electron chi connectivity index (χ0n) is 13.0. The highest BCUT2D eigenvalue weighted by Gasteiger charge is 2.46. The van der Waals surface area contributed by atoms with Crippen molar-refractivity contribution in [3.63, 3.8) is 0 Å². The van der Waals surface area contributed by atoms with Crippen LogP contribution in [0.2, 0.25) is 0 Å². The van der Waals surface area contributed by atoms with Gasteiger partial charge in [-0.15, -0.1) is 0 Å². The summed E-state index contributed by atoms with van der Waals surface area (Å²) in [6.07, 6.45) is 6.29. The van der Waals surface area contributed by atoms with Gasteiger partial charge in [0.1, 0.15) is 0 Å². The van der Waals surface area contributed by atoms with Gasteiger partial charge in [-0.1, -0.05) is 49.6 Å². The van der Waals surface area contributed by atoms with Crippen LogP contribution in [-0.2, 0) is 11.3 Å². The maximum atomic E-state index is 11.5. The summed E-state index contributed by atoms with van der Waals surface area (Å²) >= 11 is 0. The summed E-state index contributed by atoms with van der Waals surface area (Å²) in [6, 6.07) is 10.1. The topological polar surface area (TPSA) is 49.8 Å². The lowest BCUT2D eigenvalue weighted by atomic mass is 9.73. The minimum atomic E-state index is -0.796. The Morgan fingerprint density at radius 3 is 2.64 bits per heavy atom. The molecule has 2 fully saturated rings. The van der Waals surface area contributed by atoms with Crippen molar-refractivity contribution in [2.75, 3.05) is 13.2 Å². The maximum Gasteiger partial charge on any atom is 0.407 e. The summed E-state index contributed by atoms with van der Waals surface area (Å²) < 4.78 is 5.81. The number of carboxylic acid groups (broad SMARTS) is 1. The van der Waals surface area contributed by atoms with E-state index in [1.165, 1.54) is 32.1 Å². The third kappa shape index (κ3) is 3.43. The van der Waals surface area contributed by atoms with Crippen LogP contribution in [0.3, 0.4) is 0 Å². The number of rotatable bonds is 4. The smallest absolute Gasteiger partial charge is 0.407 e. The van der Waals surface area contributed by atoms with Crippen molar-refractivity contribution in [3.05, 3.63) is 35.9 Å². The number of nitrogens with zero attached hydrogens (tertiary/aromatic N) is 1. The third-order valence-electron chi connectivity index (χ3n) is 5.20. The number of likely N-dealkylation sites (tertiary alicyclic amines) is 1. The summed E-state index contributed by atoms with van der Waals surface area (Å²) in [7, 11) is 0. The van der Waals surface area contributed by atoms with Crippen LogP contribution < -0.4 is 0 Å². The Hall–Kier alpha value is -1.55. The Balaban J connectivity index is 1.57. The van der Waals surface area contributed by atoms with Crippen molar-refractivity contribution >= 4 is 6.09 Å². The molecule has 1 saturated heterocycles. The van der Waals surface area contributed by atoms with Crippen LogP contribution in [0.1, 0.15) is 44.1 Å². The summed E-state index contributed by atoms with van der Waals surface area (Å²) in [5, 5.41) is 9.48. The minimum absolute atomic E-state index is 0.0133. The van der Waals surface area contributed by atoms with Crippen LogP contribution in [0.25, 0.3) is 0 Å². The predicted molar refractivity (Wildman–Crippen MR) is 84.8 cm³/mol. The Morgan fingerprint density at radius 1 is 1.23 bits per heavy atom. The SMILES string of the molecule is O=C(O)N1CC2(CCCCC2)CC1COCc1ccccc1. The van der Waals surface area contributed by atoms with Crippen LogP contribution in [0.4, 0.5) is 4.79 Å². The van der Waals surface area contributed by atoms with Crippen LogP contribution >= 0.6 is 0 Å². The first-order chi connectivity index (χ1) is 10.7. The van der Waals surface area contributed by atoms with Crippen molar-refractivity contribution < 1.29 is 14.6 Å². The molecule has 0 radical (unpaired) electrons. The minimum Gasteiger partial charge on any atom is -0.465 e. The summed E-state index contributed by atoms with van der Waals surface area (Å²) in [6.45, 7) is 1.75. The van der Waals surface area contributed by atoms with E-state index in [0.717, 1.165) is 12.0 Å². The summed E-state index contributed by atoms with van der Waals surface area (Å²) in [5.41, 5.74) is 1.35. The lowest BCUT2D eigenvalue weighted by molar-refractivity contribution is 0.0643. The van der Waals surface area contributed by atoms with Crippen molar-refractivity contribution in [2.45, 2.75) is 51.2 Å². The molecule has 1 saturated carbocycles. The summed E-state index contributed by atoms with van der Waals surface area (Å²) in [5.74, 6) is 0. The van der Waals surface area contributed by atoms with Gasteiger partial charge in [0.2, 0.25) is 0 Å². The molecule has 0 bridgehead atoms. The first-order valence-corrected chi connectivity index (χ1v) is 8.30. The molecule has 1 heterocycles. The average molecular weight is 303 g/mol. The molecule has 0 aromatic heterocycles. The number of benzene rings is 1. The number of ether oxygens (including phenoxy) is 1. The normalized spacial score (nSPS) is 23.8. The Bertz CT molecular complexity index is 496. The quantitative estimate of drug-likeness (QED) is 0.917. The second kappa shape index (κ2) is 6.69. The molecule has 1 aliphatic carbocycles. The van der Waals surface area contributed by atoms with Gasteiger partial charge in [0, 0.05) is 6.54 Å². The van der Waals surface area contributed by atoms with Gasteiger partial charge in [-0.25, -0.2) is 4.79 Å². The van der Waals surface area contributed by atoms with Crippen LogP contribution in [0, 0.1) is 5.41 Å². The van der Waals surface area contributed by atoms with E-state index < -0.39 is 6.09 Å². The first-order valence-electron chi connectivity index (χ1n) is 8.30. The molecule has 1 N–H and O–H groups in total. The third-order valence-corrected chi connectivity index (χ3v) is 5.20. The predicted octanol–water partition coefficient (Wildman–Crippen LogP) is 3.91. The zero-order chi connectivity index (χ0) is 15.4. The monoisotopic (exact) mass is 303 g/mol. The molecule has 1 atom stereocenters. The molecule has 4 nitrogen and oxygen atoms in total. The number of hydrogen-bond acceptors (Lipinski definition) is 2. The van der Waals surface area contributed by atoms with Gasteiger partial charge >= 0.3 is 6.09 Å². The van der Waals surface area contributed by atoms with E-state index in [2.05, 4.69) is 0 Å². The molecule has 2 aliphatic rings. The largest absolute Gasteiger partial charge is 0.465 e. The Kier molecular flexibility index (Phi) is 4.67. The second-order valence-corrected chi connectivity index (χ2v) is 6.83. The molecule has 22 heavy (non-hydrogen) atoms. The van der Waals surface area contributed by atoms with Gasteiger partial charge < -0.3 is 14.7 Å². The van der Waals surface area contributed by atoms with Crippen molar-refractivity contribution in [2.24, 2.45) is 5.41 Å². The van der Waals surface area contributed by atoms with Gasteiger partial charge in [-0.2, -0.15) is 0 Å². The molecule has 1 aliphatic heterocycles. The van der Waals surface area contributed by atoms with Gasteiger partial charge in [0.25, 0.3) is 0 Å². The highest BCUT2D eigenvalue weighted by molar-refractivity contribution is 5.66. The highest BCUT2D eigenvalue weighted by atomic mass is 16.5. The fourth-order valence-corrected chi connectivity index (χ4v) is 4.09. The van der Waals surface area contributed by atoms with Crippen molar-refractivity contribution in [1.82, 2.24) is 4.90 Å². The fourth-order valence-electron chi connectivity index (χ4n) is 4.09. The van der Waals surface area contributed by atoms with Gasteiger partial charge in [0.05, 0.1) is 19.3 Å². The Labute approximate surface area is 132 Å². The molecule has 120 valence electrons. The standard InChI is InChI=1S/C18H25NO3/c20-17(21)19-14-18(9-5-2-6-10-18)11-16(19)13-22-12-15-7-3-1-4-8-15/h1,3-4,7-8,16H,2,5-6,9-14H2,(H,20,21). The molecule has 1 unspecified atom stereocenters. The lowest BCUT2D eigenvalue weighted by Crippen LogP contribution is -2.38. The van der Waals surface area contributed by atoms with E-state index in [9.17, 15) is 9.90 Å². The van der Waals surface area contributed by atoms with Gasteiger partial charge in [0.15, 0.2) is 0 Å². The van der Waals surface area contributed by atoms with Crippen LogP contribution in [0.5, 0.6) is 0 Å². The highest BCUT2D eigenvalue weighted by Crippen LogP contribution is 2.46. The number of hydrogen-bond donors (Lipinski definition) is 1. The number of amides is 1. The second-order valence-electron chi connectivity index (χ2n) is 6.83. The molecule has 1 amide bonds. The van der Waals surface area contributed by atoms with E-state index in [-0.39, 0.29) is 11.5 Å². The van der Waals surface area contributed by atoms with Gasteiger partial charge in [-0.05, 0) is 30.2 Å². The molecule has 1 aromatic carbocycles. The molecule has 3 rings (SSSR count). The molecular formula is C18H25NO3. The van der Waals surface area contributed by atoms with Crippen molar-refractivity contribution in [3.8, 4) is 0 Å². The summed E-state index contributed by atoms with van der Waals surface area (Å²) in [4.78, 5) is 13.2. The number of carbonyl (C=O) groups is 1. The van der Waals surface area contributed by atoms with E-state index in [1.54, 1.807) is 4.90 Å². The first kappa shape index (κ1) is 15.3. The molecule has 1 spiro atoms. The lowest BCUT2D eigenvalue weighted by Gasteiger charge is -2.32. The van der Waals surface area contributed by atoms with Gasteiger partial charge in [-0.3, -0.25) is 0 Å². The van der Waals surface area contributed by atoms with Crippen LogP contribution in [-0.4, -0.2) is 35.3 Å². The molecule has 4 heteroatoms. The average Bonchev–Trinajstić information content (AvgIpc) is 2.88. The van der Waals surface area contributed by atoms with E-state index in [1.807, 2.05) is 30.3 Å². The maximum absolute atomic E-state index is 11.5. The van der Waals surface area contributed by atoms with E-state index in [4.69, 9.17) is 4.74 Å². The van der Waals surface area contributed by atoms with Crippen LogP contribution in [0.15, 0.2) is 30.3 Å². The zero-order valence-corrected chi connectivity index (χ0v) is 13.0. The van der Waals surface area contributed by atoms with Crippen molar-refractivity contribution in [1.29, 1.82) is 0 Å². The molecular weight excluding hydrogens is 278 g/mol.